The Morgan fingerprint density at radius 2 is 2.46 bits per heavy atom. The number of hydrogen-bond donors (Lipinski definition) is 3. The van der Waals surface area contributed by atoms with E-state index in [9.17, 15) is 4.79 Å². The van der Waals surface area contributed by atoms with Crippen molar-refractivity contribution in [1.29, 1.82) is 0 Å². The van der Waals surface area contributed by atoms with Gasteiger partial charge in [0, 0.05) is 25.8 Å². The summed E-state index contributed by atoms with van der Waals surface area (Å²) in [4.78, 5) is 12.1. The van der Waals surface area contributed by atoms with E-state index >= 15 is 0 Å². The molecule has 1 amide bonds. The fourth-order valence-corrected chi connectivity index (χ4v) is 2.91. The quantitative estimate of drug-likeness (QED) is 0.687. The number of H-pyrrole nitrogens is 1. The lowest BCUT2D eigenvalue weighted by Gasteiger charge is -2.20. The lowest BCUT2D eigenvalue weighted by atomic mass is 9.97. The molecule has 130 valence electrons. The predicted octanol–water partition coefficient (Wildman–Crippen LogP) is 0.536. The fourth-order valence-electron chi connectivity index (χ4n) is 2.91. The largest absolute Gasteiger partial charge is 0.378 e. The molecular weight excluding hydrogens is 308 g/mol. The highest BCUT2D eigenvalue weighted by Gasteiger charge is 2.17. The number of aromatic nitrogens is 4. The highest BCUT2D eigenvalue weighted by Crippen LogP contribution is 2.21. The number of amides is 1. The molecule has 1 fully saturated rings. The molecule has 2 aromatic heterocycles. The monoisotopic (exact) mass is 332 g/mol. The van der Waals surface area contributed by atoms with Gasteiger partial charge in [-0.25, -0.2) is 0 Å². The van der Waals surface area contributed by atoms with Gasteiger partial charge in [-0.3, -0.25) is 14.6 Å². The van der Waals surface area contributed by atoms with Gasteiger partial charge in [0.15, 0.2) is 0 Å². The van der Waals surface area contributed by atoms with E-state index < -0.39 is 0 Å². The Morgan fingerprint density at radius 1 is 1.54 bits per heavy atom. The number of aromatic amines is 1. The van der Waals surface area contributed by atoms with Crippen molar-refractivity contribution in [2.45, 2.75) is 38.5 Å². The zero-order valence-electron chi connectivity index (χ0n) is 13.9. The van der Waals surface area contributed by atoms with Crippen LogP contribution in [0.1, 0.15) is 35.8 Å². The first-order valence-corrected chi connectivity index (χ1v) is 8.27. The molecule has 1 aliphatic rings. The van der Waals surface area contributed by atoms with Crippen LogP contribution < -0.4 is 10.6 Å². The van der Waals surface area contributed by atoms with Crippen LogP contribution in [0.25, 0.3) is 0 Å². The lowest BCUT2D eigenvalue weighted by molar-refractivity contribution is -0.122. The van der Waals surface area contributed by atoms with Crippen LogP contribution >= 0.6 is 0 Å². The third kappa shape index (κ3) is 4.42. The summed E-state index contributed by atoms with van der Waals surface area (Å²) in [6.07, 6.45) is 4.20. The number of ether oxygens (including phenoxy) is 1. The van der Waals surface area contributed by atoms with Crippen molar-refractivity contribution < 1.29 is 9.53 Å². The summed E-state index contributed by atoms with van der Waals surface area (Å²) in [6.45, 7) is 3.14. The maximum Gasteiger partial charge on any atom is 0.242 e. The van der Waals surface area contributed by atoms with Crippen LogP contribution in [0.4, 0.5) is 0 Å². The summed E-state index contributed by atoms with van der Waals surface area (Å²) in [5.74, 6) is 0.376. The van der Waals surface area contributed by atoms with Crippen molar-refractivity contribution in [3.8, 4) is 0 Å². The van der Waals surface area contributed by atoms with E-state index in [4.69, 9.17) is 4.74 Å². The highest BCUT2D eigenvalue weighted by molar-refractivity contribution is 5.75. The summed E-state index contributed by atoms with van der Waals surface area (Å²) < 4.78 is 6.71. The van der Waals surface area contributed by atoms with Gasteiger partial charge >= 0.3 is 0 Å². The average molecular weight is 332 g/mol. The zero-order chi connectivity index (χ0) is 16.8. The van der Waals surface area contributed by atoms with Gasteiger partial charge < -0.3 is 15.4 Å². The normalized spacial score (nSPS) is 17.8. The predicted molar refractivity (Wildman–Crippen MR) is 88.2 cm³/mol. The van der Waals surface area contributed by atoms with E-state index in [1.54, 1.807) is 11.8 Å². The minimum Gasteiger partial charge on any atom is -0.378 e. The topological polar surface area (TPSA) is 96.9 Å². The van der Waals surface area contributed by atoms with Crippen molar-refractivity contribution in [3.05, 3.63) is 35.4 Å². The number of hydrogen-bond acceptors (Lipinski definition) is 5. The van der Waals surface area contributed by atoms with Crippen LogP contribution in [0.5, 0.6) is 0 Å². The first-order valence-electron chi connectivity index (χ1n) is 8.27. The summed E-state index contributed by atoms with van der Waals surface area (Å²) in [7, 11) is 1.62. The van der Waals surface area contributed by atoms with Crippen LogP contribution in [0.2, 0.25) is 0 Å². The standard InChI is InChI=1S/C16H24N6O2/c1-24-11-14-7-13(19-20-14)9-18-16(23)10-22-6-4-15(21-22)12-3-2-5-17-8-12/h4,6-7,12,17H,2-3,5,8-11H2,1H3,(H,18,23)(H,19,20)/t12-/m0/s1. The van der Waals surface area contributed by atoms with Crippen molar-refractivity contribution in [2.75, 3.05) is 20.2 Å². The SMILES string of the molecule is COCc1cc(CNC(=O)Cn2ccc([C@H]3CCCNC3)n2)[nH]n1. The molecule has 0 aliphatic carbocycles. The molecule has 3 N–H and O–H groups in total. The van der Waals surface area contributed by atoms with E-state index in [2.05, 4.69) is 25.9 Å². The van der Waals surface area contributed by atoms with Gasteiger partial charge in [0.2, 0.25) is 5.91 Å². The van der Waals surface area contributed by atoms with Crippen LogP contribution in [-0.2, 0) is 29.2 Å². The van der Waals surface area contributed by atoms with Crippen molar-refractivity contribution in [1.82, 2.24) is 30.6 Å². The van der Waals surface area contributed by atoms with E-state index in [1.807, 2.05) is 18.3 Å². The minimum atomic E-state index is -0.0747. The lowest BCUT2D eigenvalue weighted by Crippen LogP contribution is -2.29. The molecule has 0 bridgehead atoms. The van der Waals surface area contributed by atoms with Gasteiger partial charge in [-0.05, 0) is 31.5 Å². The van der Waals surface area contributed by atoms with E-state index in [1.165, 1.54) is 6.42 Å². The molecule has 2 aromatic rings. The second kappa shape index (κ2) is 8.07. The summed E-state index contributed by atoms with van der Waals surface area (Å²) in [5, 5.41) is 17.8. The van der Waals surface area contributed by atoms with Crippen molar-refractivity contribution in [2.24, 2.45) is 0 Å². The fraction of sp³-hybridized carbons (Fsp3) is 0.562. The Balaban J connectivity index is 1.46. The molecule has 8 nitrogen and oxygen atoms in total. The van der Waals surface area contributed by atoms with Gasteiger partial charge in [0.1, 0.15) is 6.54 Å². The molecule has 1 atom stereocenters. The van der Waals surface area contributed by atoms with Crippen LogP contribution in [0.3, 0.4) is 0 Å². The number of nitrogens with zero attached hydrogens (tertiary/aromatic N) is 3. The van der Waals surface area contributed by atoms with Gasteiger partial charge in [0.25, 0.3) is 0 Å². The highest BCUT2D eigenvalue weighted by atomic mass is 16.5. The minimum absolute atomic E-state index is 0.0747. The molecule has 1 aliphatic heterocycles. The number of nitrogens with one attached hydrogen (secondary N) is 3. The summed E-state index contributed by atoms with van der Waals surface area (Å²) in [6, 6.07) is 3.89. The summed E-state index contributed by atoms with van der Waals surface area (Å²) in [5.41, 5.74) is 2.73. The maximum absolute atomic E-state index is 12.1. The Labute approximate surface area is 141 Å². The first-order chi connectivity index (χ1) is 11.7. The van der Waals surface area contributed by atoms with Crippen molar-refractivity contribution in [3.63, 3.8) is 0 Å². The molecule has 3 heterocycles. The molecular formula is C16H24N6O2. The van der Waals surface area contributed by atoms with E-state index in [-0.39, 0.29) is 12.5 Å². The first kappa shape index (κ1) is 16.7. The Kier molecular flexibility index (Phi) is 5.60. The molecule has 24 heavy (non-hydrogen) atoms. The summed E-state index contributed by atoms with van der Waals surface area (Å²) >= 11 is 0. The van der Waals surface area contributed by atoms with E-state index in [0.717, 1.165) is 36.6 Å². The van der Waals surface area contributed by atoms with Gasteiger partial charge in [-0.1, -0.05) is 0 Å². The Hall–Kier alpha value is -2.19. The Bertz CT molecular complexity index is 659. The molecule has 8 heteroatoms. The van der Waals surface area contributed by atoms with Crippen LogP contribution in [0, 0.1) is 0 Å². The average Bonchev–Trinajstić information content (AvgIpc) is 3.24. The van der Waals surface area contributed by atoms with Crippen LogP contribution in [0.15, 0.2) is 18.3 Å². The number of carbonyl (C=O) groups is 1. The molecule has 1 saturated heterocycles. The molecule has 0 saturated carbocycles. The number of carbonyl (C=O) groups excluding carboxylic acids is 1. The van der Waals surface area contributed by atoms with Crippen molar-refractivity contribution >= 4 is 5.91 Å². The Morgan fingerprint density at radius 3 is 3.25 bits per heavy atom. The number of piperidine rings is 1. The van der Waals surface area contributed by atoms with Crippen LogP contribution in [-0.4, -0.2) is 46.1 Å². The molecule has 0 spiro atoms. The zero-order valence-corrected chi connectivity index (χ0v) is 13.9. The third-order valence-electron chi connectivity index (χ3n) is 4.13. The van der Waals surface area contributed by atoms with Gasteiger partial charge in [-0.15, -0.1) is 0 Å². The number of rotatable bonds is 7. The molecule has 0 radical (unpaired) electrons. The molecule has 0 unspecified atom stereocenters. The number of methoxy groups -OCH3 is 1. The van der Waals surface area contributed by atoms with Gasteiger partial charge in [-0.2, -0.15) is 10.2 Å². The molecule has 3 rings (SSSR count). The smallest absolute Gasteiger partial charge is 0.242 e. The van der Waals surface area contributed by atoms with E-state index in [0.29, 0.717) is 19.1 Å². The second-order valence-corrected chi connectivity index (χ2v) is 6.08. The van der Waals surface area contributed by atoms with Gasteiger partial charge in [0.05, 0.1) is 30.2 Å². The third-order valence-corrected chi connectivity index (χ3v) is 4.13. The second-order valence-electron chi connectivity index (χ2n) is 6.08. The molecule has 0 aromatic carbocycles. The maximum atomic E-state index is 12.1.